The molecule has 1 aliphatic rings. The van der Waals surface area contributed by atoms with Gasteiger partial charge in [0.05, 0.1) is 12.8 Å². The zero-order valence-corrected chi connectivity index (χ0v) is 17.2. The third-order valence-electron chi connectivity index (χ3n) is 5.20. The first-order valence-electron chi connectivity index (χ1n) is 9.61. The zero-order chi connectivity index (χ0) is 21.8. The molecule has 0 aliphatic carbocycles. The summed E-state index contributed by atoms with van der Waals surface area (Å²) < 4.78 is 24.1. The molecular formula is C23H24FNO5. The second-order valence-electron chi connectivity index (χ2n) is 7.20. The Bertz CT molecular complexity index is 1030. The number of anilines is 1. The number of benzene rings is 2. The zero-order valence-electron chi connectivity index (χ0n) is 17.2. The van der Waals surface area contributed by atoms with E-state index in [4.69, 9.17) is 9.47 Å². The molecule has 1 heterocycles. The van der Waals surface area contributed by atoms with Crippen LogP contribution in [0.5, 0.6) is 11.5 Å². The number of fused-ring (bicyclic) bond motifs is 1. The van der Waals surface area contributed by atoms with Crippen LogP contribution in [0.25, 0.3) is 0 Å². The molecule has 2 N–H and O–H groups in total. The Morgan fingerprint density at radius 2 is 2.07 bits per heavy atom. The summed E-state index contributed by atoms with van der Waals surface area (Å²) in [6.45, 7) is 3.82. The molecule has 158 valence electrons. The van der Waals surface area contributed by atoms with Gasteiger partial charge in [0.15, 0.2) is 0 Å². The molecule has 2 aromatic rings. The van der Waals surface area contributed by atoms with Crippen LogP contribution in [-0.4, -0.2) is 24.1 Å². The van der Waals surface area contributed by atoms with Crippen molar-refractivity contribution in [3.63, 3.8) is 0 Å². The number of phenolic OH excluding ortho intramolecular Hbond substituents is 1. The van der Waals surface area contributed by atoms with Crippen LogP contribution in [0.3, 0.4) is 0 Å². The lowest BCUT2D eigenvalue weighted by Gasteiger charge is -2.15. The van der Waals surface area contributed by atoms with Gasteiger partial charge < -0.3 is 19.9 Å². The summed E-state index contributed by atoms with van der Waals surface area (Å²) in [5.74, 6) is -0.919. The first-order chi connectivity index (χ1) is 14.3. The summed E-state index contributed by atoms with van der Waals surface area (Å²) in [5, 5.41) is 13.2. The summed E-state index contributed by atoms with van der Waals surface area (Å²) in [5.41, 5.74) is 3.17. The monoisotopic (exact) mass is 413 g/mol. The second kappa shape index (κ2) is 8.98. The van der Waals surface area contributed by atoms with Crippen LogP contribution in [0.15, 0.2) is 35.9 Å². The Kier molecular flexibility index (Phi) is 6.40. The Morgan fingerprint density at radius 3 is 2.77 bits per heavy atom. The minimum atomic E-state index is -0.542. The van der Waals surface area contributed by atoms with Crippen LogP contribution >= 0.6 is 0 Å². The van der Waals surface area contributed by atoms with E-state index in [1.54, 1.807) is 12.1 Å². The van der Waals surface area contributed by atoms with E-state index < -0.39 is 11.8 Å². The van der Waals surface area contributed by atoms with Crippen LogP contribution in [0.4, 0.5) is 10.1 Å². The molecule has 0 atom stereocenters. The molecule has 0 unspecified atom stereocenters. The molecule has 0 saturated carbocycles. The number of allylic oxidation sites excluding steroid dienone is 2. The van der Waals surface area contributed by atoms with E-state index in [-0.39, 0.29) is 35.9 Å². The lowest BCUT2D eigenvalue weighted by molar-refractivity contribution is -0.116. The van der Waals surface area contributed by atoms with Crippen LogP contribution < -0.4 is 10.1 Å². The number of hydrogen-bond acceptors (Lipinski definition) is 5. The molecule has 0 spiro atoms. The van der Waals surface area contributed by atoms with Crippen molar-refractivity contribution in [3.8, 4) is 11.5 Å². The molecule has 3 rings (SSSR count). The summed E-state index contributed by atoms with van der Waals surface area (Å²) in [4.78, 5) is 24.1. The largest absolute Gasteiger partial charge is 0.507 e. The van der Waals surface area contributed by atoms with Gasteiger partial charge in [-0.2, -0.15) is 0 Å². The van der Waals surface area contributed by atoms with E-state index in [0.29, 0.717) is 29.7 Å². The number of phenols is 1. The maximum Gasteiger partial charge on any atom is 0.342 e. The van der Waals surface area contributed by atoms with Gasteiger partial charge >= 0.3 is 5.97 Å². The van der Waals surface area contributed by atoms with Gasteiger partial charge in [-0.05, 0) is 44.4 Å². The first kappa shape index (κ1) is 21.4. The normalized spacial score (nSPS) is 13.1. The molecule has 1 amide bonds. The molecule has 2 aromatic carbocycles. The number of esters is 1. The highest BCUT2D eigenvalue weighted by Gasteiger charge is 2.31. The van der Waals surface area contributed by atoms with Crippen molar-refractivity contribution in [2.45, 2.75) is 39.7 Å². The van der Waals surface area contributed by atoms with Crippen LogP contribution in [0.2, 0.25) is 0 Å². The average Bonchev–Trinajstić information content (AvgIpc) is 3.11. The predicted molar refractivity (Wildman–Crippen MR) is 110 cm³/mol. The van der Waals surface area contributed by atoms with Gasteiger partial charge in [-0.25, -0.2) is 9.18 Å². The fourth-order valence-corrected chi connectivity index (χ4v) is 3.49. The molecule has 30 heavy (non-hydrogen) atoms. The molecule has 0 bridgehead atoms. The highest BCUT2D eigenvalue weighted by molar-refractivity contribution is 5.98. The number of amides is 1. The molecular weight excluding hydrogens is 389 g/mol. The fourth-order valence-electron chi connectivity index (χ4n) is 3.49. The van der Waals surface area contributed by atoms with E-state index in [0.717, 1.165) is 11.1 Å². The highest BCUT2D eigenvalue weighted by atomic mass is 19.1. The molecule has 1 aliphatic heterocycles. The summed E-state index contributed by atoms with van der Waals surface area (Å²) in [7, 11) is 1.51. The lowest BCUT2D eigenvalue weighted by Crippen LogP contribution is -2.12. The number of para-hydroxylation sites is 1. The van der Waals surface area contributed by atoms with E-state index in [1.807, 2.05) is 19.9 Å². The van der Waals surface area contributed by atoms with Gasteiger partial charge in [0, 0.05) is 17.5 Å². The minimum absolute atomic E-state index is 0.121. The van der Waals surface area contributed by atoms with Crippen molar-refractivity contribution in [2.75, 3.05) is 12.4 Å². The van der Waals surface area contributed by atoms with E-state index >= 15 is 0 Å². The van der Waals surface area contributed by atoms with Crippen molar-refractivity contribution < 1.29 is 28.6 Å². The van der Waals surface area contributed by atoms with Gasteiger partial charge in [0.1, 0.15) is 29.5 Å². The second-order valence-corrected chi connectivity index (χ2v) is 7.20. The average molecular weight is 413 g/mol. The Hall–Kier alpha value is -3.35. The standard InChI is InChI=1S/C23H24FNO5/c1-13(9-11-19(26)25-18-7-5-4-6-17(18)24)8-10-15-21(27)20-16(12-30-23(20)28)14(2)22(15)29-3/h4-8,27H,9-12H2,1-3H3,(H,25,26). The quantitative estimate of drug-likeness (QED) is 0.518. The lowest BCUT2D eigenvalue weighted by atomic mass is 9.94. The summed E-state index contributed by atoms with van der Waals surface area (Å²) >= 11 is 0. The van der Waals surface area contributed by atoms with Crippen molar-refractivity contribution >= 4 is 17.6 Å². The number of carbonyl (C=O) groups is 2. The van der Waals surface area contributed by atoms with Gasteiger partial charge in [0.2, 0.25) is 5.91 Å². The number of cyclic esters (lactones) is 1. The van der Waals surface area contributed by atoms with Gasteiger partial charge in [-0.3, -0.25) is 4.79 Å². The van der Waals surface area contributed by atoms with Crippen molar-refractivity contribution in [1.29, 1.82) is 0 Å². The van der Waals surface area contributed by atoms with Crippen LogP contribution in [-0.2, 0) is 22.6 Å². The van der Waals surface area contributed by atoms with E-state index in [9.17, 15) is 19.1 Å². The van der Waals surface area contributed by atoms with E-state index in [2.05, 4.69) is 5.32 Å². The van der Waals surface area contributed by atoms with Crippen molar-refractivity contribution in [1.82, 2.24) is 0 Å². The number of halogens is 1. The molecule has 7 heteroatoms. The number of aromatic hydroxyl groups is 1. The summed E-state index contributed by atoms with van der Waals surface area (Å²) in [6.07, 6.45) is 2.86. The molecule has 0 fully saturated rings. The molecule has 6 nitrogen and oxygen atoms in total. The predicted octanol–water partition coefficient (Wildman–Crippen LogP) is 4.43. The maximum atomic E-state index is 13.6. The number of methoxy groups -OCH3 is 1. The number of nitrogens with one attached hydrogen (secondary N) is 1. The van der Waals surface area contributed by atoms with Crippen molar-refractivity contribution in [2.24, 2.45) is 0 Å². The SMILES string of the molecule is COc1c(C)c2c(c(O)c1CC=C(C)CCC(=O)Nc1ccccc1F)C(=O)OC2. The van der Waals surface area contributed by atoms with Gasteiger partial charge in [0.25, 0.3) is 0 Å². The van der Waals surface area contributed by atoms with Crippen LogP contribution in [0.1, 0.15) is 46.8 Å². The van der Waals surface area contributed by atoms with Gasteiger partial charge in [-0.15, -0.1) is 0 Å². The Morgan fingerprint density at radius 1 is 1.33 bits per heavy atom. The number of rotatable bonds is 7. The number of hydrogen-bond donors (Lipinski definition) is 2. The Labute approximate surface area is 174 Å². The Balaban J connectivity index is 1.69. The van der Waals surface area contributed by atoms with E-state index in [1.165, 1.54) is 19.2 Å². The fraction of sp³-hybridized carbons (Fsp3) is 0.304. The number of carbonyl (C=O) groups excluding carboxylic acids is 2. The summed E-state index contributed by atoms with van der Waals surface area (Å²) in [6, 6.07) is 6.00. The smallest absolute Gasteiger partial charge is 0.342 e. The van der Waals surface area contributed by atoms with Gasteiger partial charge in [-0.1, -0.05) is 23.8 Å². The molecule has 0 aromatic heterocycles. The maximum absolute atomic E-state index is 13.6. The number of ether oxygens (including phenoxy) is 2. The van der Waals surface area contributed by atoms with Crippen molar-refractivity contribution in [3.05, 3.63) is 64.0 Å². The molecule has 0 radical (unpaired) electrons. The minimum Gasteiger partial charge on any atom is -0.507 e. The topological polar surface area (TPSA) is 84.9 Å². The third kappa shape index (κ3) is 4.30. The van der Waals surface area contributed by atoms with Crippen LogP contribution in [0, 0.1) is 12.7 Å². The molecule has 0 saturated heterocycles. The first-order valence-corrected chi connectivity index (χ1v) is 9.61. The highest BCUT2D eigenvalue weighted by Crippen LogP contribution is 2.42. The third-order valence-corrected chi connectivity index (χ3v) is 5.20.